The molecule has 1 fully saturated rings. The lowest BCUT2D eigenvalue weighted by Crippen LogP contribution is -2.47. The summed E-state index contributed by atoms with van der Waals surface area (Å²) in [6.45, 7) is 0.129. The number of benzene rings is 1. The van der Waals surface area contributed by atoms with Gasteiger partial charge in [-0.15, -0.1) is 0 Å². The number of pyridine rings is 2. The summed E-state index contributed by atoms with van der Waals surface area (Å²) in [5.41, 5.74) is 8.57. The zero-order valence-electron chi connectivity index (χ0n) is 18.2. The molecule has 1 aliphatic carbocycles. The maximum Gasteiger partial charge on any atom is 0.272 e. The average molecular weight is 464 g/mol. The molecule has 0 radical (unpaired) electrons. The molecule has 33 heavy (non-hydrogen) atoms. The predicted octanol–water partition coefficient (Wildman–Crippen LogP) is 3.18. The molecule has 9 nitrogen and oxygen atoms in total. The molecule has 1 aromatic carbocycles. The van der Waals surface area contributed by atoms with Crippen LogP contribution in [0.1, 0.15) is 28.9 Å². The number of rotatable bonds is 4. The fourth-order valence-electron chi connectivity index (χ4n) is 3.92. The van der Waals surface area contributed by atoms with Crippen LogP contribution in [0.25, 0.3) is 21.8 Å². The Bertz CT molecular complexity index is 1400. The highest BCUT2D eigenvalue weighted by Crippen LogP contribution is 2.32. The van der Waals surface area contributed by atoms with Crippen LogP contribution in [0, 0.1) is 5.92 Å². The van der Waals surface area contributed by atoms with Gasteiger partial charge in [-0.1, -0.05) is 11.6 Å². The van der Waals surface area contributed by atoms with Gasteiger partial charge in [0.15, 0.2) is 0 Å². The number of halogens is 1. The quantitative estimate of drug-likeness (QED) is 0.465. The minimum absolute atomic E-state index is 0.0404. The van der Waals surface area contributed by atoms with Crippen LogP contribution in [-0.4, -0.2) is 48.6 Å². The van der Waals surface area contributed by atoms with Crippen molar-refractivity contribution < 1.29 is 9.59 Å². The lowest BCUT2D eigenvalue weighted by molar-refractivity contribution is -0.144. The first kappa shape index (κ1) is 21.1. The molecule has 0 spiro atoms. The van der Waals surface area contributed by atoms with Crippen LogP contribution in [0.4, 0.5) is 5.82 Å². The van der Waals surface area contributed by atoms with Crippen LogP contribution in [0.5, 0.6) is 0 Å². The summed E-state index contributed by atoms with van der Waals surface area (Å²) in [7, 11) is 3.44. The molecule has 3 heterocycles. The topological polar surface area (TPSA) is 110 Å². The third-order valence-corrected chi connectivity index (χ3v) is 6.12. The van der Waals surface area contributed by atoms with Crippen LogP contribution in [0.2, 0.25) is 5.02 Å². The van der Waals surface area contributed by atoms with Crippen molar-refractivity contribution in [2.75, 3.05) is 12.8 Å². The molecule has 2 amide bonds. The second-order valence-electron chi connectivity index (χ2n) is 8.23. The first-order chi connectivity index (χ1) is 15.8. The largest absolute Gasteiger partial charge is 0.383 e. The highest BCUT2D eigenvalue weighted by molar-refractivity contribution is 6.30. The van der Waals surface area contributed by atoms with Crippen molar-refractivity contribution in [3.63, 3.8) is 0 Å². The molecule has 0 saturated heterocycles. The van der Waals surface area contributed by atoms with Crippen molar-refractivity contribution in [3.05, 3.63) is 59.0 Å². The molecule has 1 aliphatic rings. The molecule has 2 N–H and O–H groups in total. The number of nitrogens with two attached hydrogens (primary N) is 1. The number of hydrogen-bond acceptors (Lipinski definition) is 6. The molecular weight excluding hydrogens is 442 g/mol. The summed E-state index contributed by atoms with van der Waals surface area (Å²) in [5.74, 6) is -0.0601. The number of fused-ring (bicyclic) bond motifs is 3. The van der Waals surface area contributed by atoms with Crippen molar-refractivity contribution in [2.24, 2.45) is 13.0 Å². The van der Waals surface area contributed by atoms with Crippen molar-refractivity contribution in [1.29, 1.82) is 0 Å². The van der Waals surface area contributed by atoms with Gasteiger partial charge in [-0.25, -0.2) is 9.99 Å². The predicted molar refractivity (Wildman–Crippen MR) is 125 cm³/mol. The van der Waals surface area contributed by atoms with E-state index in [1.54, 1.807) is 48.3 Å². The Hall–Kier alpha value is -3.72. The monoisotopic (exact) mass is 463 g/mol. The van der Waals surface area contributed by atoms with E-state index < -0.39 is 0 Å². The molecule has 1 saturated carbocycles. The Morgan fingerprint density at radius 2 is 1.97 bits per heavy atom. The van der Waals surface area contributed by atoms with Gasteiger partial charge in [0.05, 0.1) is 39.9 Å². The van der Waals surface area contributed by atoms with E-state index >= 15 is 0 Å². The van der Waals surface area contributed by atoms with Gasteiger partial charge in [0.1, 0.15) is 5.82 Å². The summed E-state index contributed by atoms with van der Waals surface area (Å²) in [4.78, 5) is 35.3. The zero-order chi connectivity index (χ0) is 23.3. The van der Waals surface area contributed by atoms with Gasteiger partial charge in [-0.2, -0.15) is 5.10 Å². The number of anilines is 1. The molecule has 4 aromatic rings. The number of carbonyl (C=O) groups is 2. The number of hydrogen-bond donors (Lipinski definition) is 1. The minimum Gasteiger partial charge on any atom is -0.383 e. The standard InChI is InChI=1S/C23H22ClN7O2/c1-29-20-17-9-14(5-8-19(17)28-21(25)18(20)11-27-29)23(33)31(30(2)22(32)13-3-4-13)12-16-7-6-15(24)10-26-16/h5-11,13H,3-4,12H2,1-2H3,(H2,25,28). The Labute approximate surface area is 194 Å². The number of nitrogen functional groups attached to an aromatic ring is 1. The van der Waals surface area contributed by atoms with E-state index in [0.717, 1.165) is 29.1 Å². The van der Waals surface area contributed by atoms with E-state index in [9.17, 15) is 9.59 Å². The Balaban J connectivity index is 1.57. The second-order valence-corrected chi connectivity index (χ2v) is 8.66. The number of hydrazine groups is 1. The summed E-state index contributed by atoms with van der Waals surface area (Å²) in [5, 5.41) is 9.09. The number of aromatic nitrogens is 4. The highest BCUT2D eigenvalue weighted by Gasteiger charge is 2.36. The van der Waals surface area contributed by atoms with Gasteiger partial charge in [-0.3, -0.25) is 24.3 Å². The molecule has 3 aromatic heterocycles. The van der Waals surface area contributed by atoms with Gasteiger partial charge in [0.2, 0.25) is 5.91 Å². The highest BCUT2D eigenvalue weighted by atomic mass is 35.5. The van der Waals surface area contributed by atoms with Crippen molar-refractivity contribution in [2.45, 2.75) is 19.4 Å². The Morgan fingerprint density at radius 1 is 1.18 bits per heavy atom. The summed E-state index contributed by atoms with van der Waals surface area (Å²) < 4.78 is 1.71. The smallest absolute Gasteiger partial charge is 0.272 e. The summed E-state index contributed by atoms with van der Waals surface area (Å²) >= 11 is 5.96. The minimum atomic E-state index is -0.322. The molecule has 5 rings (SSSR count). The molecule has 0 bridgehead atoms. The summed E-state index contributed by atoms with van der Waals surface area (Å²) in [6, 6.07) is 8.67. The van der Waals surface area contributed by atoms with Crippen molar-refractivity contribution >= 4 is 51.0 Å². The first-order valence-corrected chi connectivity index (χ1v) is 10.9. The molecule has 10 heteroatoms. The summed E-state index contributed by atoms with van der Waals surface area (Å²) in [6.07, 6.45) is 4.86. The maximum atomic E-state index is 13.7. The van der Waals surface area contributed by atoms with E-state index in [-0.39, 0.29) is 24.3 Å². The van der Waals surface area contributed by atoms with E-state index in [1.807, 2.05) is 7.05 Å². The van der Waals surface area contributed by atoms with E-state index in [1.165, 1.54) is 16.2 Å². The lowest BCUT2D eigenvalue weighted by atomic mass is 10.1. The fraction of sp³-hybridized carbons (Fsp3) is 0.261. The average Bonchev–Trinajstić information content (AvgIpc) is 3.59. The van der Waals surface area contributed by atoms with Gasteiger partial charge >= 0.3 is 0 Å². The fourth-order valence-corrected chi connectivity index (χ4v) is 4.03. The Kier molecular flexibility index (Phi) is 5.13. The van der Waals surface area contributed by atoms with E-state index in [4.69, 9.17) is 17.3 Å². The Morgan fingerprint density at radius 3 is 2.67 bits per heavy atom. The molecular formula is C23H22ClN7O2. The van der Waals surface area contributed by atoms with Crippen molar-refractivity contribution in [3.8, 4) is 0 Å². The molecule has 168 valence electrons. The van der Waals surface area contributed by atoms with Gasteiger partial charge in [0, 0.05) is 37.2 Å². The van der Waals surface area contributed by atoms with Gasteiger partial charge in [0.25, 0.3) is 5.91 Å². The van der Waals surface area contributed by atoms with Crippen LogP contribution in [0.3, 0.4) is 0 Å². The molecule has 0 atom stereocenters. The SMILES string of the molecule is CN(C(=O)C1CC1)N(Cc1ccc(Cl)cn1)C(=O)c1ccc2nc(N)c3cnn(C)c3c2c1. The lowest BCUT2D eigenvalue weighted by Gasteiger charge is -2.32. The number of amides is 2. The number of aryl methyl sites for hydroxylation is 1. The van der Waals surface area contributed by atoms with E-state index in [2.05, 4.69) is 15.1 Å². The van der Waals surface area contributed by atoms with Crippen LogP contribution in [0.15, 0.2) is 42.7 Å². The van der Waals surface area contributed by atoms with Crippen LogP contribution in [-0.2, 0) is 18.4 Å². The van der Waals surface area contributed by atoms with E-state index in [0.29, 0.717) is 27.6 Å². The maximum absolute atomic E-state index is 13.7. The number of nitrogens with zero attached hydrogens (tertiary/aromatic N) is 6. The normalized spacial score (nSPS) is 13.4. The van der Waals surface area contributed by atoms with Crippen LogP contribution >= 0.6 is 11.6 Å². The third-order valence-electron chi connectivity index (χ3n) is 5.90. The van der Waals surface area contributed by atoms with Crippen LogP contribution < -0.4 is 5.73 Å². The molecule has 0 aliphatic heterocycles. The van der Waals surface area contributed by atoms with Gasteiger partial charge in [-0.05, 0) is 43.2 Å². The van der Waals surface area contributed by atoms with Gasteiger partial charge < -0.3 is 5.73 Å². The zero-order valence-corrected chi connectivity index (χ0v) is 19.0. The van der Waals surface area contributed by atoms with Crippen molar-refractivity contribution in [1.82, 2.24) is 29.8 Å². The number of carbonyl (C=O) groups excluding carboxylic acids is 2. The third kappa shape index (κ3) is 3.84. The first-order valence-electron chi connectivity index (χ1n) is 10.5. The molecule has 0 unspecified atom stereocenters. The second kappa shape index (κ2) is 8.00.